The predicted molar refractivity (Wildman–Crippen MR) is 90.6 cm³/mol. The van der Waals surface area contributed by atoms with Crippen LogP contribution in [-0.4, -0.2) is 22.8 Å². The van der Waals surface area contributed by atoms with Crippen LogP contribution in [0.1, 0.15) is 18.1 Å². The Hall–Kier alpha value is -2.08. The van der Waals surface area contributed by atoms with Crippen LogP contribution in [0.3, 0.4) is 0 Å². The van der Waals surface area contributed by atoms with Gasteiger partial charge in [-0.1, -0.05) is 5.87 Å². The largest absolute Gasteiger partial charge is 0.365 e. The van der Waals surface area contributed by atoms with Crippen molar-refractivity contribution in [2.75, 3.05) is 6.26 Å². The van der Waals surface area contributed by atoms with Gasteiger partial charge in [-0.15, -0.1) is 0 Å². The number of aromatic nitrogens is 1. The van der Waals surface area contributed by atoms with Gasteiger partial charge in [-0.25, -0.2) is 4.79 Å². The fourth-order valence-corrected chi connectivity index (χ4v) is 3.71. The van der Waals surface area contributed by atoms with E-state index in [1.54, 1.807) is 6.20 Å². The zero-order valence-corrected chi connectivity index (χ0v) is 14.0. The van der Waals surface area contributed by atoms with E-state index in [1.165, 1.54) is 16.6 Å². The topological polar surface area (TPSA) is 64.2 Å². The summed E-state index contributed by atoms with van der Waals surface area (Å²) in [7, 11) is -0.0795. The van der Waals surface area contributed by atoms with Gasteiger partial charge in [0.2, 0.25) is 5.91 Å². The molecule has 0 spiro atoms. The van der Waals surface area contributed by atoms with Crippen molar-refractivity contribution in [2.45, 2.75) is 32.3 Å². The van der Waals surface area contributed by atoms with E-state index >= 15 is 0 Å². The fraction of sp³-hybridized carbons (Fsp3) is 0.312. The molecule has 1 unspecified atom stereocenters. The van der Waals surface area contributed by atoms with Gasteiger partial charge in [0.1, 0.15) is 6.67 Å². The van der Waals surface area contributed by atoms with Crippen LogP contribution in [0.2, 0.25) is 0 Å². The summed E-state index contributed by atoms with van der Waals surface area (Å²) >= 11 is 0. The number of amides is 1. The van der Waals surface area contributed by atoms with Crippen LogP contribution < -0.4 is 10.9 Å². The number of carbonyl (C=O) groups is 1. The molecule has 0 aliphatic heterocycles. The van der Waals surface area contributed by atoms with Gasteiger partial charge in [0.05, 0.1) is 11.8 Å². The SMILES string of the molecule is C=S(C)c1c(C)cc(-c2cn(CNC(C)=O)oc2=O)cc1C. The van der Waals surface area contributed by atoms with E-state index in [1.807, 2.05) is 26.0 Å². The van der Waals surface area contributed by atoms with Gasteiger partial charge >= 0.3 is 5.63 Å². The number of carbonyl (C=O) groups excluding carboxylic acids is 1. The number of aryl methyl sites for hydroxylation is 2. The number of hydrogen-bond acceptors (Lipinski definition) is 3. The molecule has 0 radical (unpaired) electrons. The molecule has 22 heavy (non-hydrogen) atoms. The molecule has 0 fully saturated rings. The van der Waals surface area contributed by atoms with E-state index in [0.717, 1.165) is 16.7 Å². The predicted octanol–water partition coefficient (Wildman–Crippen LogP) is 2.51. The third kappa shape index (κ3) is 3.39. The Balaban J connectivity index is 2.42. The second-order valence-electron chi connectivity index (χ2n) is 5.31. The number of nitrogens with zero attached hydrogens (tertiary/aromatic N) is 1. The molecule has 0 saturated heterocycles. The van der Waals surface area contributed by atoms with Crippen LogP contribution in [0.4, 0.5) is 0 Å². The molecule has 1 atom stereocenters. The lowest BCUT2D eigenvalue weighted by Crippen LogP contribution is -2.22. The van der Waals surface area contributed by atoms with Crippen LogP contribution in [0, 0.1) is 13.8 Å². The minimum atomic E-state index is -0.415. The van der Waals surface area contributed by atoms with Crippen molar-refractivity contribution in [2.24, 2.45) is 0 Å². The molecular weight excluding hydrogens is 300 g/mol. The zero-order valence-electron chi connectivity index (χ0n) is 13.2. The smallest absolute Gasteiger partial charge is 0.336 e. The Morgan fingerprint density at radius 2 is 1.95 bits per heavy atom. The van der Waals surface area contributed by atoms with Crippen molar-refractivity contribution in [3.8, 4) is 11.1 Å². The second-order valence-corrected chi connectivity index (χ2v) is 6.99. The van der Waals surface area contributed by atoms with Gasteiger partial charge in [0.15, 0.2) is 0 Å². The van der Waals surface area contributed by atoms with Gasteiger partial charge in [-0.3, -0.25) is 4.79 Å². The van der Waals surface area contributed by atoms with E-state index in [-0.39, 0.29) is 23.1 Å². The fourth-order valence-electron chi connectivity index (χ4n) is 2.49. The number of benzene rings is 1. The highest BCUT2D eigenvalue weighted by Crippen LogP contribution is 2.32. The molecule has 118 valence electrons. The van der Waals surface area contributed by atoms with Crippen LogP contribution in [0.15, 0.2) is 32.5 Å². The maximum Gasteiger partial charge on any atom is 0.365 e. The Labute approximate surface area is 131 Å². The average Bonchev–Trinajstić information content (AvgIpc) is 2.76. The molecular formula is C16H20N2O3S. The molecule has 0 aliphatic carbocycles. The van der Waals surface area contributed by atoms with E-state index < -0.39 is 5.63 Å². The van der Waals surface area contributed by atoms with Crippen LogP contribution in [0.25, 0.3) is 11.1 Å². The lowest BCUT2D eigenvalue weighted by atomic mass is 10.0. The Morgan fingerprint density at radius 3 is 2.45 bits per heavy atom. The van der Waals surface area contributed by atoms with Crippen molar-refractivity contribution in [1.29, 1.82) is 0 Å². The standard InChI is InChI=1S/C16H20N2O3S/c1-10-6-13(7-11(2)15(10)22(4)5)14-8-18(21-16(14)20)9-17-12(3)19/h6-8H,4,9H2,1-3,5H3,(H,17,19). The lowest BCUT2D eigenvalue weighted by molar-refractivity contribution is -0.119. The van der Waals surface area contributed by atoms with E-state index in [2.05, 4.69) is 17.4 Å². The van der Waals surface area contributed by atoms with Gasteiger partial charge < -0.3 is 9.84 Å². The number of nitrogens with one attached hydrogen (secondary N) is 1. The molecule has 1 aromatic carbocycles. The van der Waals surface area contributed by atoms with E-state index in [0.29, 0.717) is 5.56 Å². The van der Waals surface area contributed by atoms with Gasteiger partial charge in [-0.05, 0) is 48.9 Å². The summed E-state index contributed by atoms with van der Waals surface area (Å²) in [6.45, 7) is 5.60. The minimum absolute atomic E-state index is 0.0795. The molecule has 6 heteroatoms. The molecule has 1 heterocycles. The van der Waals surface area contributed by atoms with Crippen LogP contribution >= 0.6 is 10.5 Å². The summed E-state index contributed by atoms with van der Waals surface area (Å²) in [5, 5.41) is 2.58. The first kappa shape index (κ1) is 16.3. The van der Waals surface area contributed by atoms with Gasteiger partial charge in [-0.2, -0.15) is 15.2 Å². The molecule has 0 saturated carbocycles. The summed E-state index contributed by atoms with van der Waals surface area (Å²) < 4.78 is 6.44. The van der Waals surface area contributed by atoms with Crippen molar-refractivity contribution in [1.82, 2.24) is 10.1 Å². The van der Waals surface area contributed by atoms with E-state index in [9.17, 15) is 9.59 Å². The summed E-state index contributed by atoms with van der Waals surface area (Å²) in [4.78, 5) is 24.2. The van der Waals surface area contributed by atoms with Gasteiger partial charge in [0, 0.05) is 11.8 Å². The van der Waals surface area contributed by atoms with Crippen LogP contribution in [-0.2, 0) is 11.5 Å². The minimum Gasteiger partial charge on any atom is -0.336 e. The maximum atomic E-state index is 12.0. The molecule has 1 amide bonds. The Bertz CT molecular complexity index is 779. The normalized spacial score (nSPS) is 12.2. The second kappa shape index (κ2) is 6.36. The molecule has 2 aromatic rings. The molecule has 0 bridgehead atoms. The maximum absolute atomic E-state index is 12.0. The van der Waals surface area contributed by atoms with Crippen LogP contribution in [0.5, 0.6) is 0 Å². The highest BCUT2D eigenvalue weighted by Gasteiger charge is 2.13. The van der Waals surface area contributed by atoms with Gasteiger partial charge in [0.25, 0.3) is 0 Å². The summed E-state index contributed by atoms with van der Waals surface area (Å²) in [5.74, 6) is 3.92. The quantitative estimate of drug-likeness (QED) is 0.880. The molecule has 5 nitrogen and oxygen atoms in total. The lowest BCUT2D eigenvalue weighted by Gasteiger charge is -2.12. The molecule has 1 N–H and O–H groups in total. The Kier molecular flexibility index (Phi) is 4.71. The summed E-state index contributed by atoms with van der Waals surface area (Å²) in [6.07, 6.45) is 3.69. The number of hydrogen-bond donors (Lipinski definition) is 1. The van der Waals surface area contributed by atoms with E-state index in [4.69, 9.17) is 4.52 Å². The first-order chi connectivity index (χ1) is 10.3. The zero-order chi connectivity index (χ0) is 16.4. The number of rotatable bonds is 4. The highest BCUT2D eigenvalue weighted by atomic mass is 32.2. The van der Waals surface area contributed by atoms with Crippen molar-refractivity contribution < 1.29 is 9.32 Å². The third-order valence-corrected chi connectivity index (χ3v) is 4.64. The monoisotopic (exact) mass is 320 g/mol. The van der Waals surface area contributed by atoms with Crippen molar-refractivity contribution >= 4 is 22.3 Å². The molecule has 1 aromatic heterocycles. The Morgan fingerprint density at radius 1 is 1.36 bits per heavy atom. The molecule has 2 rings (SSSR count). The summed E-state index contributed by atoms with van der Waals surface area (Å²) in [5.41, 5.74) is 3.12. The van der Waals surface area contributed by atoms with Crippen molar-refractivity contribution in [3.63, 3.8) is 0 Å². The first-order valence-electron chi connectivity index (χ1n) is 6.82. The third-order valence-electron chi connectivity index (χ3n) is 3.30. The first-order valence-corrected chi connectivity index (χ1v) is 8.62. The summed E-state index contributed by atoms with van der Waals surface area (Å²) in [6, 6.07) is 3.96. The average molecular weight is 320 g/mol. The molecule has 0 aliphatic rings. The van der Waals surface area contributed by atoms with Crippen molar-refractivity contribution in [3.05, 3.63) is 39.9 Å². The highest BCUT2D eigenvalue weighted by molar-refractivity contribution is 8.13.